The molecule has 0 saturated heterocycles. The van der Waals surface area contributed by atoms with Crippen LogP contribution in [0.15, 0.2) is 18.2 Å². The summed E-state index contributed by atoms with van der Waals surface area (Å²) in [5.74, 6) is -0.514. The summed E-state index contributed by atoms with van der Waals surface area (Å²) in [6.45, 7) is 0.484. The SMILES string of the molecule is O=[N+]([O-])c1ccc(F)c(NCC2(CO)CCCCC2)c1. The highest BCUT2D eigenvalue weighted by atomic mass is 19.1. The maximum Gasteiger partial charge on any atom is 0.271 e. The van der Waals surface area contributed by atoms with Gasteiger partial charge in [-0.1, -0.05) is 19.3 Å². The maximum atomic E-state index is 13.7. The molecule has 20 heavy (non-hydrogen) atoms. The molecule has 2 N–H and O–H groups in total. The number of nitro groups is 1. The van der Waals surface area contributed by atoms with Gasteiger partial charge in [0, 0.05) is 24.1 Å². The Morgan fingerprint density at radius 2 is 2.05 bits per heavy atom. The zero-order chi connectivity index (χ0) is 14.6. The summed E-state index contributed by atoms with van der Waals surface area (Å²) in [5, 5.41) is 23.2. The van der Waals surface area contributed by atoms with E-state index in [4.69, 9.17) is 0 Å². The zero-order valence-electron chi connectivity index (χ0n) is 11.3. The van der Waals surface area contributed by atoms with Crippen molar-refractivity contribution >= 4 is 11.4 Å². The molecule has 5 nitrogen and oxygen atoms in total. The van der Waals surface area contributed by atoms with Gasteiger partial charge < -0.3 is 10.4 Å². The lowest BCUT2D eigenvalue weighted by Crippen LogP contribution is -2.35. The second-order valence-electron chi connectivity index (χ2n) is 5.49. The van der Waals surface area contributed by atoms with Crippen molar-refractivity contribution in [3.8, 4) is 0 Å². The van der Waals surface area contributed by atoms with Gasteiger partial charge in [-0.15, -0.1) is 0 Å². The van der Waals surface area contributed by atoms with Gasteiger partial charge in [-0.25, -0.2) is 4.39 Å². The molecule has 0 aromatic heterocycles. The van der Waals surface area contributed by atoms with Crippen molar-refractivity contribution < 1.29 is 14.4 Å². The maximum absolute atomic E-state index is 13.7. The summed E-state index contributed by atoms with van der Waals surface area (Å²) in [6, 6.07) is 3.43. The molecule has 0 aliphatic heterocycles. The molecule has 1 aliphatic carbocycles. The highest BCUT2D eigenvalue weighted by Gasteiger charge is 2.31. The second-order valence-corrected chi connectivity index (χ2v) is 5.49. The molecule has 1 aromatic carbocycles. The minimum Gasteiger partial charge on any atom is -0.396 e. The van der Waals surface area contributed by atoms with Gasteiger partial charge in [-0.05, 0) is 18.9 Å². The van der Waals surface area contributed by atoms with E-state index in [2.05, 4.69) is 5.32 Å². The molecule has 0 unspecified atom stereocenters. The fraction of sp³-hybridized carbons (Fsp3) is 0.571. The largest absolute Gasteiger partial charge is 0.396 e. The van der Waals surface area contributed by atoms with Gasteiger partial charge in [0.05, 0.1) is 17.2 Å². The van der Waals surface area contributed by atoms with Gasteiger partial charge in [0.2, 0.25) is 0 Å². The molecule has 0 spiro atoms. The molecule has 0 bridgehead atoms. The van der Waals surface area contributed by atoms with E-state index < -0.39 is 10.7 Å². The summed E-state index contributed by atoms with van der Waals surface area (Å²) in [7, 11) is 0. The van der Waals surface area contributed by atoms with Crippen LogP contribution in [0.3, 0.4) is 0 Å². The van der Waals surface area contributed by atoms with E-state index in [0.717, 1.165) is 44.2 Å². The van der Waals surface area contributed by atoms with Crippen LogP contribution in [0.4, 0.5) is 15.8 Å². The van der Waals surface area contributed by atoms with Gasteiger partial charge in [0.1, 0.15) is 5.82 Å². The molecule has 0 amide bonds. The molecule has 0 heterocycles. The van der Waals surface area contributed by atoms with Gasteiger partial charge in [0.25, 0.3) is 5.69 Å². The van der Waals surface area contributed by atoms with E-state index in [1.165, 1.54) is 6.07 Å². The average molecular weight is 282 g/mol. The van der Waals surface area contributed by atoms with Crippen molar-refractivity contribution in [1.29, 1.82) is 0 Å². The quantitative estimate of drug-likeness (QED) is 0.642. The normalized spacial score (nSPS) is 17.7. The topological polar surface area (TPSA) is 75.4 Å². The van der Waals surface area contributed by atoms with Crippen LogP contribution in [0.5, 0.6) is 0 Å². The number of non-ortho nitro benzene ring substituents is 1. The van der Waals surface area contributed by atoms with Crippen LogP contribution in [-0.4, -0.2) is 23.2 Å². The minimum atomic E-state index is -0.549. The third-order valence-corrected chi connectivity index (χ3v) is 4.06. The van der Waals surface area contributed by atoms with E-state index in [9.17, 15) is 19.6 Å². The van der Waals surface area contributed by atoms with Crippen molar-refractivity contribution in [2.75, 3.05) is 18.5 Å². The van der Waals surface area contributed by atoms with Crippen LogP contribution in [-0.2, 0) is 0 Å². The molecule has 0 atom stereocenters. The molecule has 1 fully saturated rings. The number of hydrogen-bond acceptors (Lipinski definition) is 4. The molecule has 110 valence electrons. The third kappa shape index (κ3) is 3.25. The third-order valence-electron chi connectivity index (χ3n) is 4.06. The van der Waals surface area contributed by atoms with Gasteiger partial charge in [0.15, 0.2) is 0 Å². The summed E-state index contributed by atoms with van der Waals surface area (Å²) >= 11 is 0. The lowest BCUT2D eigenvalue weighted by atomic mass is 9.74. The summed E-state index contributed by atoms with van der Waals surface area (Å²) in [5.41, 5.74) is -0.261. The zero-order valence-corrected chi connectivity index (χ0v) is 11.3. The summed E-state index contributed by atoms with van der Waals surface area (Å²) < 4.78 is 13.7. The number of hydrogen-bond donors (Lipinski definition) is 2. The molecular weight excluding hydrogens is 263 g/mol. The molecule has 1 saturated carbocycles. The molecule has 1 aliphatic rings. The van der Waals surface area contributed by atoms with Crippen LogP contribution in [0.2, 0.25) is 0 Å². The lowest BCUT2D eigenvalue weighted by Gasteiger charge is -2.36. The first-order valence-corrected chi connectivity index (χ1v) is 6.85. The monoisotopic (exact) mass is 282 g/mol. The van der Waals surface area contributed by atoms with Crippen molar-refractivity contribution in [3.05, 3.63) is 34.1 Å². The highest BCUT2D eigenvalue weighted by molar-refractivity contribution is 5.52. The fourth-order valence-corrected chi connectivity index (χ4v) is 2.74. The van der Waals surface area contributed by atoms with Crippen molar-refractivity contribution in [2.45, 2.75) is 32.1 Å². The number of rotatable bonds is 5. The lowest BCUT2D eigenvalue weighted by molar-refractivity contribution is -0.384. The Morgan fingerprint density at radius 1 is 1.35 bits per heavy atom. The molecule has 6 heteroatoms. The Kier molecular flexibility index (Phi) is 4.54. The molecule has 0 radical (unpaired) electrons. The highest BCUT2D eigenvalue weighted by Crippen LogP contribution is 2.36. The number of nitrogens with one attached hydrogen (secondary N) is 1. The van der Waals surface area contributed by atoms with Crippen molar-refractivity contribution in [3.63, 3.8) is 0 Å². The molecule has 1 aromatic rings. The number of aliphatic hydroxyl groups is 1. The van der Waals surface area contributed by atoms with Crippen LogP contribution >= 0.6 is 0 Å². The predicted molar refractivity (Wildman–Crippen MR) is 74.1 cm³/mol. The van der Waals surface area contributed by atoms with Crippen molar-refractivity contribution in [1.82, 2.24) is 0 Å². The molecule has 2 rings (SSSR count). The summed E-state index contributed by atoms with van der Waals surface area (Å²) in [4.78, 5) is 10.2. The van der Waals surface area contributed by atoms with E-state index in [1.54, 1.807) is 0 Å². The summed E-state index contributed by atoms with van der Waals surface area (Å²) in [6.07, 6.45) is 5.06. The number of nitro benzene ring substituents is 1. The number of halogens is 1. The van der Waals surface area contributed by atoms with Crippen LogP contribution < -0.4 is 5.32 Å². The van der Waals surface area contributed by atoms with E-state index >= 15 is 0 Å². The Bertz CT molecular complexity index is 487. The fourth-order valence-electron chi connectivity index (χ4n) is 2.74. The second kappa shape index (κ2) is 6.17. The van der Waals surface area contributed by atoms with E-state index in [1.807, 2.05) is 0 Å². The van der Waals surface area contributed by atoms with Gasteiger partial charge >= 0.3 is 0 Å². The molecular formula is C14H19FN2O3. The first-order chi connectivity index (χ1) is 9.56. The van der Waals surface area contributed by atoms with Crippen LogP contribution in [0.1, 0.15) is 32.1 Å². The Labute approximate surface area is 117 Å². The number of anilines is 1. The van der Waals surface area contributed by atoms with Crippen molar-refractivity contribution in [2.24, 2.45) is 5.41 Å². The Hall–Kier alpha value is -1.69. The van der Waals surface area contributed by atoms with E-state index in [0.29, 0.717) is 6.54 Å². The Morgan fingerprint density at radius 3 is 2.65 bits per heavy atom. The van der Waals surface area contributed by atoms with Crippen LogP contribution in [0.25, 0.3) is 0 Å². The first-order valence-electron chi connectivity index (χ1n) is 6.85. The predicted octanol–water partition coefficient (Wildman–Crippen LogP) is 3.09. The van der Waals surface area contributed by atoms with Gasteiger partial charge in [-0.3, -0.25) is 10.1 Å². The average Bonchev–Trinajstić information content (AvgIpc) is 2.47. The Balaban J connectivity index is 2.09. The smallest absolute Gasteiger partial charge is 0.271 e. The number of aliphatic hydroxyl groups excluding tert-OH is 1. The van der Waals surface area contributed by atoms with Crippen LogP contribution in [0, 0.1) is 21.3 Å². The number of benzene rings is 1. The minimum absolute atomic E-state index is 0.0521. The van der Waals surface area contributed by atoms with E-state index in [-0.39, 0.29) is 23.4 Å². The van der Waals surface area contributed by atoms with Gasteiger partial charge in [-0.2, -0.15) is 0 Å². The first kappa shape index (κ1) is 14.7. The number of nitrogens with zero attached hydrogens (tertiary/aromatic N) is 1. The standard InChI is InChI=1S/C14H19FN2O3/c15-12-5-4-11(17(19)20)8-13(12)16-9-14(10-18)6-2-1-3-7-14/h4-5,8,16,18H,1-3,6-7,9-10H2.